The zero-order valence-corrected chi connectivity index (χ0v) is 11.7. The number of aryl methyl sites for hydroxylation is 2. The number of benzene rings is 2. The van der Waals surface area contributed by atoms with Gasteiger partial charge in [-0.25, -0.2) is 8.78 Å². The maximum absolute atomic E-state index is 13.4. The number of hydrogen-bond donors (Lipinski definition) is 1. The molecule has 2 aromatic rings. The molecule has 1 N–H and O–H groups in total. The molecule has 0 aliphatic rings. The first-order valence-electron chi connectivity index (χ1n) is 6.40. The van der Waals surface area contributed by atoms with Gasteiger partial charge in [0.1, 0.15) is 17.4 Å². The fourth-order valence-corrected chi connectivity index (χ4v) is 1.73. The van der Waals surface area contributed by atoms with Crippen molar-refractivity contribution in [2.45, 2.75) is 13.8 Å². The quantitative estimate of drug-likeness (QED) is 0.934. The second-order valence-electron chi connectivity index (χ2n) is 4.71. The standard InChI is InChI=1S/C16H15F2NO2/c1-10-3-5-13(7-11(10)2)21-9-16(20)19-15-6-4-12(17)8-14(15)18/h3-8H,9H2,1-2H3,(H,19,20). The van der Waals surface area contributed by atoms with E-state index in [-0.39, 0.29) is 12.3 Å². The number of carbonyl (C=O) groups is 1. The minimum atomic E-state index is -0.825. The molecule has 0 aliphatic heterocycles. The number of carbonyl (C=O) groups excluding carboxylic acids is 1. The smallest absolute Gasteiger partial charge is 0.262 e. The van der Waals surface area contributed by atoms with Crippen molar-refractivity contribution in [2.75, 3.05) is 11.9 Å². The van der Waals surface area contributed by atoms with Gasteiger partial charge < -0.3 is 10.1 Å². The van der Waals surface area contributed by atoms with Crippen LogP contribution in [-0.4, -0.2) is 12.5 Å². The van der Waals surface area contributed by atoms with Crippen LogP contribution < -0.4 is 10.1 Å². The Morgan fingerprint density at radius 1 is 1.10 bits per heavy atom. The molecule has 3 nitrogen and oxygen atoms in total. The van der Waals surface area contributed by atoms with Crippen molar-refractivity contribution in [1.29, 1.82) is 0 Å². The lowest BCUT2D eigenvalue weighted by Crippen LogP contribution is -2.20. The highest BCUT2D eigenvalue weighted by molar-refractivity contribution is 5.91. The third-order valence-electron chi connectivity index (χ3n) is 3.05. The molecule has 0 aliphatic carbocycles. The van der Waals surface area contributed by atoms with Crippen molar-refractivity contribution in [1.82, 2.24) is 0 Å². The second kappa shape index (κ2) is 6.35. The molecule has 2 aromatic carbocycles. The lowest BCUT2D eigenvalue weighted by molar-refractivity contribution is -0.118. The van der Waals surface area contributed by atoms with Gasteiger partial charge in [-0.15, -0.1) is 0 Å². The van der Waals surface area contributed by atoms with Crippen LogP contribution in [0.25, 0.3) is 0 Å². The van der Waals surface area contributed by atoms with Crippen molar-refractivity contribution < 1.29 is 18.3 Å². The summed E-state index contributed by atoms with van der Waals surface area (Å²) in [5.74, 6) is -1.47. The third kappa shape index (κ3) is 4.02. The Kier molecular flexibility index (Phi) is 4.52. The van der Waals surface area contributed by atoms with E-state index in [4.69, 9.17) is 4.74 Å². The summed E-state index contributed by atoms with van der Waals surface area (Å²) in [6, 6.07) is 8.42. The third-order valence-corrected chi connectivity index (χ3v) is 3.05. The molecular formula is C16H15F2NO2. The summed E-state index contributed by atoms with van der Waals surface area (Å²) in [7, 11) is 0. The van der Waals surface area contributed by atoms with Gasteiger partial charge in [-0.05, 0) is 49.2 Å². The molecule has 0 spiro atoms. The molecular weight excluding hydrogens is 276 g/mol. The molecule has 0 atom stereocenters. The van der Waals surface area contributed by atoms with Crippen LogP contribution in [0.4, 0.5) is 14.5 Å². The molecule has 0 unspecified atom stereocenters. The number of rotatable bonds is 4. The first-order valence-corrected chi connectivity index (χ1v) is 6.40. The molecule has 2 rings (SSSR count). The van der Waals surface area contributed by atoms with Gasteiger partial charge in [-0.2, -0.15) is 0 Å². The lowest BCUT2D eigenvalue weighted by atomic mass is 10.1. The molecule has 0 saturated heterocycles. The number of halogens is 2. The van der Waals surface area contributed by atoms with Crippen molar-refractivity contribution in [3.8, 4) is 5.75 Å². The Labute approximate surface area is 121 Å². The van der Waals surface area contributed by atoms with E-state index in [0.29, 0.717) is 11.8 Å². The van der Waals surface area contributed by atoms with Crippen LogP contribution >= 0.6 is 0 Å². The molecule has 21 heavy (non-hydrogen) atoms. The van der Waals surface area contributed by atoms with Gasteiger partial charge in [0.2, 0.25) is 0 Å². The molecule has 0 bridgehead atoms. The van der Waals surface area contributed by atoms with Crippen molar-refractivity contribution >= 4 is 11.6 Å². The van der Waals surface area contributed by atoms with Crippen LogP contribution in [0.15, 0.2) is 36.4 Å². The highest BCUT2D eigenvalue weighted by Crippen LogP contribution is 2.17. The SMILES string of the molecule is Cc1ccc(OCC(=O)Nc2ccc(F)cc2F)cc1C. The lowest BCUT2D eigenvalue weighted by Gasteiger charge is -2.09. The number of anilines is 1. The number of amides is 1. The van der Waals surface area contributed by atoms with E-state index in [2.05, 4.69) is 5.32 Å². The molecule has 5 heteroatoms. The maximum Gasteiger partial charge on any atom is 0.262 e. The summed E-state index contributed by atoms with van der Waals surface area (Å²) in [6.07, 6.45) is 0. The molecule has 0 aromatic heterocycles. The summed E-state index contributed by atoms with van der Waals surface area (Å²) in [6.45, 7) is 3.67. The molecule has 0 fully saturated rings. The fraction of sp³-hybridized carbons (Fsp3) is 0.188. The molecule has 0 heterocycles. The summed E-state index contributed by atoms with van der Waals surface area (Å²) in [5.41, 5.74) is 2.10. The second-order valence-corrected chi connectivity index (χ2v) is 4.71. The molecule has 1 amide bonds. The fourth-order valence-electron chi connectivity index (χ4n) is 1.73. The summed E-state index contributed by atoms with van der Waals surface area (Å²) in [5, 5.41) is 2.33. The van der Waals surface area contributed by atoms with E-state index in [1.54, 1.807) is 6.07 Å². The number of ether oxygens (including phenoxy) is 1. The summed E-state index contributed by atoms with van der Waals surface area (Å²) in [4.78, 5) is 11.7. The van der Waals surface area contributed by atoms with E-state index in [1.165, 1.54) is 6.07 Å². The Bertz CT molecular complexity index is 671. The molecule has 110 valence electrons. The van der Waals surface area contributed by atoms with Crippen molar-refractivity contribution in [3.05, 3.63) is 59.2 Å². The van der Waals surface area contributed by atoms with Gasteiger partial charge in [0, 0.05) is 6.07 Å². The van der Waals surface area contributed by atoms with E-state index >= 15 is 0 Å². The predicted octanol–water partition coefficient (Wildman–Crippen LogP) is 3.60. The Hall–Kier alpha value is -2.43. The number of hydrogen-bond acceptors (Lipinski definition) is 2. The maximum atomic E-state index is 13.4. The van der Waals surface area contributed by atoms with Crippen LogP contribution in [0.1, 0.15) is 11.1 Å². The molecule has 0 saturated carbocycles. The monoisotopic (exact) mass is 291 g/mol. The van der Waals surface area contributed by atoms with Gasteiger partial charge in [-0.1, -0.05) is 6.07 Å². The normalized spacial score (nSPS) is 10.3. The van der Waals surface area contributed by atoms with Crippen molar-refractivity contribution in [2.24, 2.45) is 0 Å². The minimum Gasteiger partial charge on any atom is -0.484 e. The van der Waals surface area contributed by atoms with Gasteiger partial charge in [0.05, 0.1) is 5.69 Å². The van der Waals surface area contributed by atoms with Crippen LogP contribution in [-0.2, 0) is 4.79 Å². The number of nitrogens with one attached hydrogen (secondary N) is 1. The van der Waals surface area contributed by atoms with Gasteiger partial charge in [0.25, 0.3) is 5.91 Å². The average Bonchev–Trinajstić information content (AvgIpc) is 2.43. The van der Waals surface area contributed by atoms with Crippen molar-refractivity contribution in [3.63, 3.8) is 0 Å². The van der Waals surface area contributed by atoms with Crippen LogP contribution in [0.5, 0.6) is 5.75 Å². The summed E-state index contributed by atoms with van der Waals surface area (Å²) >= 11 is 0. The van der Waals surface area contributed by atoms with Crippen LogP contribution in [0.3, 0.4) is 0 Å². The minimum absolute atomic E-state index is 0.0786. The van der Waals surface area contributed by atoms with Gasteiger partial charge >= 0.3 is 0 Å². The Balaban J connectivity index is 1.94. The molecule has 0 radical (unpaired) electrons. The highest BCUT2D eigenvalue weighted by Gasteiger charge is 2.09. The van der Waals surface area contributed by atoms with E-state index in [0.717, 1.165) is 17.2 Å². The zero-order valence-electron chi connectivity index (χ0n) is 11.7. The van der Waals surface area contributed by atoms with E-state index < -0.39 is 17.5 Å². The average molecular weight is 291 g/mol. The van der Waals surface area contributed by atoms with E-state index in [1.807, 2.05) is 26.0 Å². The van der Waals surface area contributed by atoms with E-state index in [9.17, 15) is 13.6 Å². The van der Waals surface area contributed by atoms with Crippen LogP contribution in [0.2, 0.25) is 0 Å². The first kappa shape index (κ1) is 15.0. The van der Waals surface area contributed by atoms with Gasteiger partial charge in [0.15, 0.2) is 6.61 Å². The zero-order chi connectivity index (χ0) is 15.4. The topological polar surface area (TPSA) is 38.3 Å². The largest absolute Gasteiger partial charge is 0.484 e. The highest BCUT2D eigenvalue weighted by atomic mass is 19.1. The van der Waals surface area contributed by atoms with Crippen LogP contribution in [0, 0.1) is 25.5 Å². The Morgan fingerprint density at radius 2 is 1.86 bits per heavy atom. The Morgan fingerprint density at radius 3 is 2.52 bits per heavy atom. The van der Waals surface area contributed by atoms with Gasteiger partial charge in [-0.3, -0.25) is 4.79 Å². The first-order chi connectivity index (χ1) is 9.95. The summed E-state index contributed by atoms with van der Waals surface area (Å²) < 4.78 is 31.5. The predicted molar refractivity (Wildman–Crippen MR) is 76.4 cm³/mol.